The van der Waals surface area contributed by atoms with Gasteiger partial charge in [0.25, 0.3) is 5.91 Å². The molecule has 0 radical (unpaired) electrons. The summed E-state index contributed by atoms with van der Waals surface area (Å²) in [5, 5.41) is 11.5. The molecule has 21 heavy (non-hydrogen) atoms. The summed E-state index contributed by atoms with van der Waals surface area (Å²) >= 11 is 0. The Morgan fingerprint density at radius 1 is 1.33 bits per heavy atom. The Morgan fingerprint density at radius 2 is 1.90 bits per heavy atom. The van der Waals surface area contributed by atoms with Crippen molar-refractivity contribution in [2.24, 2.45) is 10.9 Å². The molecule has 1 saturated heterocycles. The van der Waals surface area contributed by atoms with Crippen LogP contribution in [-0.4, -0.2) is 47.7 Å². The molecule has 0 unspecified atom stereocenters. The molecule has 1 fully saturated rings. The van der Waals surface area contributed by atoms with E-state index in [9.17, 15) is 4.79 Å². The number of carbonyl (C=O) groups excluding carboxylic acids is 1. The third-order valence-corrected chi connectivity index (χ3v) is 3.67. The minimum Gasteiger partial charge on any atom is -0.409 e. The molecule has 0 saturated carbocycles. The maximum atomic E-state index is 12.4. The van der Waals surface area contributed by atoms with Crippen molar-refractivity contribution in [2.45, 2.75) is 25.9 Å². The molecule has 1 aliphatic rings. The third kappa shape index (κ3) is 3.72. The third-order valence-electron chi connectivity index (χ3n) is 3.67. The SMILES string of the molecule is CCOC1CCN(C(=O)c2ccc(C(N)=NO)cc2)CC1. The van der Waals surface area contributed by atoms with Crippen LogP contribution in [0.5, 0.6) is 0 Å². The Morgan fingerprint density at radius 3 is 2.43 bits per heavy atom. The van der Waals surface area contributed by atoms with E-state index in [-0.39, 0.29) is 17.8 Å². The molecule has 0 spiro atoms. The second-order valence-electron chi connectivity index (χ2n) is 5.01. The summed E-state index contributed by atoms with van der Waals surface area (Å²) in [7, 11) is 0. The zero-order valence-corrected chi connectivity index (χ0v) is 12.2. The number of nitrogens with two attached hydrogens (primary N) is 1. The minimum atomic E-state index is 0.0102. The summed E-state index contributed by atoms with van der Waals surface area (Å²) in [5.74, 6) is 0.0440. The van der Waals surface area contributed by atoms with Gasteiger partial charge in [0, 0.05) is 30.8 Å². The number of ether oxygens (including phenoxy) is 1. The van der Waals surface area contributed by atoms with Crippen molar-refractivity contribution in [3.05, 3.63) is 35.4 Å². The number of nitrogens with zero attached hydrogens (tertiary/aromatic N) is 2. The lowest BCUT2D eigenvalue weighted by molar-refractivity contribution is 0.0146. The van der Waals surface area contributed by atoms with Crippen molar-refractivity contribution >= 4 is 11.7 Å². The van der Waals surface area contributed by atoms with Crippen LogP contribution in [-0.2, 0) is 4.74 Å². The molecule has 1 heterocycles. The standard InChI is InChI=1S/C15H21N3O3/c1-2-21-13-7-9-18(10-8-13)15(19)12-5-3-11(4-6-12)14(16)17-20/h3-6,13,20H,2,7-10H2,1H3,(H2,16,17). The Labute approximate surface area is 124 Å². The topological polar surface area (TPSA) is 88.2 Å². The zero-order chi connectivity index (χ0) is 15.2. The van der Waals surface area contributed by atoms with Gasteiger partial charge in [-0.2, -0.15) is 0 Å². The smallest absolute Gasteiger partial charge is 0.253 e. The Balaban J connectivity index is 1.98. The fraction of sp³-hybridized carbons (Fsp3) is 0.467. The first kappa shape index (κ1) is 15.3. The van der Waals surface area contributed by atoms with E-state index in [2.05, 4.69) is 5.16 Å². The highest BCUT2D eigenvalue weighted by Gasteiger charge is 2.23. The predicted molar refractivity (Wildman–Crippen MR) is 79.5 cm³/mol. The van der Waals surface area contributed by atoms with E-state index in [4.69, 9.17) is 15.7 Å². The molecule has 0 bridgehead atoms. The van der Waals surface area contributed by atoms with Crippen molar-refractivity contribution in [3.8, 4) is 0 Å². The molecule has 1 aliphatic heterocycles. The average molecular weight is 291 g/mol. The van der Waals surface area contributed by atoms with Crippen LogP contribution in [0.1, 0.15) is 35.7 Å². The molecule has 0 atom stereocenters. The van der Waals surface area contributed by atoms with Crippen molar-refractivity contribution < 1.29 is 14.7 Å². The second kappa shape index (κ2) is 7.08. The molecular weight excluding hydrogens is 270 g/mol. The molecule has 6 nitrogen and oxygen atoms in total. The number of hydrogen-bond acceptors (Lipinski definition) is 4. The largest absolute Gasteiger partial charge is 0.409 e. The fourth-order valence-electron chi connectivity index (χ4n) is 2.49. The van der Waals surface area contributed by atoms with Crippen molar-refractivity contribution in [2.75, 3.05) is 19.7 Å². The van der Waals surface area contributed by atoms with Gasteiger partial charge in [-0.15, -0.1) is 0 Å². The summed E-state index contributed by atoms with van der Waals surface area (Å²) in [6.07, 6.45) is 2.02. The van der Waals surface area contributed by atoms with Crippen LogP contribution in [0.25, 0.3) is 0 Å². The summed E-state index contributed by atoms with van der Waals surface area (Å²) in [4.78, 5) is 14.2. The van der Waals surface area contributed by atoms with Crippen molar-refractivity contribution in [1.82, 2.24) is 4.90 Å². The highest BCUT2D eigenvalue weighted by atomic mass is 16.5. The lowest BCUT2D eigenvalue weighted by Crippen LogP contribution is -2.40. The monoisotopic (exact) mass is 291 g/mol. The molecule has 0 aromatic heterocycles. The van der Waals surface area contributed by atoms with Gasteiger partial charge in [-0.05, 0) is 31.9 Å². The van der Waals surface area contributed by atoms with Gasteiger partial charge in [-0.25, -0.2) is 0 Å². The molecule has 0 aliphatic carbocycles. The number of piperidine rings is 1. The number of amides is 1. The first-order valence-electron chi connectivity index (χ1n) is 7.14. The van der Waals surface area contributed by atoms with Gasteiger partial charge in [-0.1, -0.05) is 17.3 Å². The van der Waals surface area contributed by atoms with E-state index >= 15 is 0 Å². The van der Waals surface area contributed by atoms with Crippen LogP contribution in [0.15, 0.2) is 29.4 Å². The number of hydrogen-bond donors (Lipinski definition) is 2. The van der Waals surface area contributed by atoms with E-state index in [1.165, 1.54) is 0 Å². The molecule has 3 N–H and O–H groups in total. The molecule has 6 heteroatoms. The normalized spacial score (nSPS) is 17.0. The Hall–Kier alpha value is -2.08. The van der Waals surface area contributed by atoms with Crippen LogP contribution in [0.2, 0.25) is 0 Å². The van der Waals surface area contributed by atoms with E-state index < -0.39 is 0 Å². The van der Waals surface area contributed by atoms with Crippen LogP contribution < -0.4 is 5.73 Å². The van der Waals surface area contributed by atoms with E-state index in [1.807, 2.05) is 11.8 Å². The van der Waals surface area contributed by atoms with Gasteiger partial charge in [0.15, 0.2) is 5.84 Å². The Bertz CT molecular complexity index is 505. The van der Waals surface area contributed by atoms with Crippen LogP contribution in [0, 0.1) is 0 Å². The predicted octanol–water partition coefficient (Wildman–Crippen LogP) is 1.42. The lowest BCUT2D eigenvalue weighted by Gasteiger charge is -2.31. The molecular formula is C15H21N3O3. The molecule has 2 rings (SSSR count). The molecule has 1 aromatic rings. The number of benzene rings is 1. The first-order valence-corrected chi connectivity index (χ1v) is 7.14. The summed E-state index contributed by atoms with van der Waals surface area (Å²) in [6.45, 7) is 4.13. The second-order valence-corrected chi connectivity index (χ2v) is 5.01. The van der Waals surface area contributed by atoms with Gasteiger partial charge in [0.05, 0.1) is 6.10 Å². The molecule has 1 aromatic carbocycles. The van der Waals surface area contributed by atoms with E-state index in [0.717, 1.165) is 12.8 Å². The summed E-state index contributed by atoms with van der Waals surface area (Å²) in [6, 6.07) is 6.75. The van der Waals surface area contributed by atoms with Gasteiger partial charge >= 0.3 is 0 Å². The lowest BCUT2D eigenvalue weighted by atomic mass is 10.1. The van der Waals surface area contributed by atoms with Gasteiger partial charge in [0.1, 0.15) is 0 Å². The fourth-order valence-corrected chi connectivity index (χ4v) is 2.49. The van der Waals surface area contributed by atoms with Crippen molar-refractivity contribution in [3.63, 3.8) is 0 Å². The van der Waals surface area contributed by atoms with E-state index in [1.54, 1.807) is 24.3 Å². The first-order chi connectivity index (χ1) is 10.2. The van der Waals surface area contributed by atoms with Gasteiger partial charge in [-0.3, -0.25) is 4.79 Å². The number of oxime groups is 1. The number of rotatable bonds is 4. The highest BCUT2D eigenvalue weighted by molar-refractivity contribution is 5.99. The minimum absolute atomic E-state index is 0.0102. The zero-order valence-electron chi connectivity index (χ0n) is 12.2. The van der Waals surface area contributed by atoms with Crippen molar-refractivity contribution in [1.29, 1.82) is 0 Å². The highest BCUT2D eigenvalue weighted by Crippen LogP contribution is 2.16. The molecule has 114 valence electrons. The average Bonchev–Trinajstić information content (AvgIpc) is 2.54. The van der Waals surface area contributed by atoms with Crippen LogP contribution >= 0.6 is 0 Å². The maximum Gasteiger partial charge on any atom is 0.253 e. The van der Waals surface area contributed by atoms with Gasteiger partial charge < -0.3 is 20.6 Å². The number of carbonyl (C=O) groups is 1. The number of likely N-dealkylation sites (tertiary alicyclic amines) is 1. The maximum absolute atomic E-state index is 12.4. The van der Waals surface area contributed by atoms with Crippen LogP contribution in [0.4, 0.5) is 0 Å². The summed E-state index contributed by atoms with van der Waals surface area (Å²) < 4.78 is 5.58. The van der Waals surface area contributed by atoms with Gasteiger partial charge in [0.2, 0.25) is 0 Å². The summed E-state index contributed by atoms with van der Waals surface area (Å²) in [5.41, 5.74) is 6.70. The Kier molecular flexibility index (Phi) is 5.16. The number of amidine groups is 1. The molecule has 1 amide bonds. The quantitative estimate of drug-likeness (QED) is 0.380. The van der Waals surface area contributed by atoms with E-state index in [0.29, 0.717) is 30.8 Å². The van der Waals surface area contributed by atoms with Crippen LogP contribution in [0.3, 0.4) is 0 Å².